The van der Waals surface area contributed by atoms with Gasteiger partial charge in [0.05, 0.1) is 5.56 Å². The summed E-state index contributed by atoms with van der Waals surface area (Å²) < 4.78 is 5.88. The Morgan fingerprint density at radius 3 is 1.81 bits per heavy atom. The van der Waals surface area contributed by atoms with Crippen LogP contribution in [0.1, 0.15) is 0 Å². The summed E-state index contributed by atoms with van der Waals surface area (Å²) in [6, 6.07) is 14.4. The maximum absolute atomic E-state index is 12.6. The minimum absolute atomic E-state index is 0.0220. The molecule has 0 aliphatic heterocycles. The minimum atomic E-state index is -0.475. The first-order valence-corrected chi connectivity index (χ1v) is 8.05. The van der Waals surface area contributed by atoms with Gasteiger partial charge in [0.15, 0.2) is 11.0 Å². The molecule has 1 heterocycles. The van der Waals surface area contributed by atoms with E-state index in [0.717, 1.165) is 6.07 Å². The Morgan fingerprint density at radius 2 is 1.22 bits per heavy atom. The molecule has 6 heteroatoms. The van der Waals surface area contributed by atoms with E-state index in [1.54, 1.807) is 24.3 Å². The number of aromatic hydroxyl groups is 4. The number of phenols is 4. The number of benzene rings is 3. The Morgan fingerprint density at radius 1 is 0.667 bits per heavy atom. The van der Waals surface area contributed by atoms with Gasteiger partial charge < -0.3 is 24.8 Å². The van der Waals surface area contributed by atoms with Crippen molar-refractivity contribution in [2.75, 3.05) is 0 Å². The first kappa shape index (κ1) is 16.5. The first-order valence-electron chi connectivity index (χ1n) is 8.05. The summed E-state index contributed by atoms with van der Waals surface area (Å²) in [7, 11) is 0. The molecule has 0 aliphatic carbocycles. The Kier molecular flexibility index (Phi) is 3.74. The minimum Gasteiger partial charge on any atom is -0.508 e. The van der Waals surface area contributed by atoms with Crippen LogP contribution in [-0.4, -0.2) is 20.4 Å². The van der Waals surface area contributed by atoms with Gasteiger partial charge in [0.1, 0.15) is 34.1 Å². The van der Waals surface area contributed by atoms with Crippen molar-refractivity contribution in [1.29, 1.82) is 0 Å². The largest absolute Gasteiger partial charge is 0.508 e. The lowest BCUT2D eigenvalue weighted by Gasteiger charge is -2.11. The highest BCUT2D eigenvalue weighted by atomic mass is 16.3. The molecule has 27 heavy (non-hydrogen) atoms. The third-order valence-electron chi connectivity index (χ3n) is 4.27. The fourth-order valence-electron chi connectivity index (χ4n) is 2.98. The Hall–Kier alpha value is -3.93. The Bertz CT molecular complexity index is 1200. The molecule has 3 aromatic carbocycles. The molecule has 4 rings (SSSR count). The van der Waals surface area contributed by atoms with Crippen molar-refractivity contribution in [3.63, 3.8) is 0 Å². The predicted octanol–water partition coefficient (Wildman–Crippen LogP) is 3.95. The van der Waals surface area contributed by atoms with Crippen molar-refractivity contribution in [3.8, 4) is 45.4 Å². The molecule has 6 nitrogen and oxygen atoms in total. The van der Waals surface area contributed by atoms with Crippen LogP contribution in [0.15, 0.2) is 69.9 Å². The van der Waals surface area contributed by atoms with Crippen LogP contribution in [0.3, 0.4) is 0 Å². The van der Waals surface area contributed by atoms with Gasteiger partial charge in [-0.25, -0.2) is 0 Å². The van der Waals surface area contributed by atoms with E-state index >= 15 is 0 Å². The van der Waals surface area contributed by atoms with E-state index in [0.29, 0.717) is 11.1 Å². The maximum atomic E-state index is 12.6. The fourth-order valence-corrected chi connectivity index (χ4v) is 2.98. The SMILES string of the molecule is O=c1cc(-c2ccc(O)cc2)oc2c(-c3ccc(O)cc3)c(O)cc(O)c12. The van der Waals surface area contributed by atoms with Gasteiger partial charge in [-0.05, 0) is 42.0 Å². The van der Waals surface area contributed by atoms with Crippen molar-refractivity contribution >= 4 is 11.0 Å². The van der Waals surface area contributed by atoms with Crippen molar-refractivity contribution in [2.45, 2.75) is 0 Å². The topological polar surface area (TPSA) is 111 Å². The number of rotatable bonds is 2. The predicted molar refractivity (Wildman–Crippen MR) is 100 cm³/mol. The van der Waals surface area contributed by atoms with E-state index in [2.05, 4.69) is 0 Å². The number of hydrogen-bond donors (Lipinski definition) is 4. The van der Waals surface area contributed by atoms with Gasteiger partial charge in [-0.1, -0.05) is 12.1 Å². The van der Waals surface area contributed by atoms with Crippen LogP contribution in [0.5, 0.6) is 23.0 Å². The number of hydrogen-bond acceptors (Lipinski definition) is 6. The summed E-state index contributed by atoms with van der Waals surface area (Å²) in [6.07, 6.45) is 0. The summed E-state index contributed by atoms with van der Waals surface area (Å²) >= 11 is 0. The molecule has 0 bridgehead atoms. The van der Waals surface area contributed by atoms with E-state index < -0.39 is 11.2 Å². The second-order valence-corrected chi connectivity index (χ2v) is 6.06. The molecule has 0 spiro atoms. The number of phenolic OH excluding ortho intramolecular Hbond substituents is 4. The van der Waals surface area contributed by atoms with Gasteiger partial charge in [0.2, 0.25) is 0 Å². The van der Waals surface area contributed by atoms with Gasteiger partial charge in [-0.2, -0.15) is 0 Å². The van der Waals surface area contributed by atoms with E-state index in [-0.39, 0.29) is 39.5 Å². The van der Waals surface area contributed by atoms with E-state index in [4.69, 9.17) is 4.42 Å². The standard InChI is InChI=1S/C21H14O6/c22-13-5-1-11(2-6-13)18-10-17(26)20-16(25)9-15(24)19(21(20)27-18)12-3-7-14(23)8-4-12/h1-10,22-25H. The van der Waals surface area contributed by atoms with Crippen LogP contribution in [0, 0.1) is 0 Å². The summed E-state index contributed by atoms with van der Waals surface area (Å²) in [5.41, 5.74) is 0.818. The lowest BCUT2D eigenvalue weighted by molar-refractivity contribution is 0.453. The lowest BCUT2D eigenvalue weighted by Crippen LogP contribution is -2.02. The normalized spacial score (nSPS) is 11.0. The summed E-state index contributed by atoms with van der Waals surface area (Å²) in [6.45, 7) is 0. The van der Waals surface area contributed by atoms with Crippen LogP contribution in [0.2, 0.25) is 0 Å². The molecule has 134 valence electrons. The average molecular weight is 362 g/mol. The molecule has 0 aliphatic rings. The quantitative estimate of drug-likeness (QED) is 0.430. The molecule has 0 fully saturated rings. The zero-order valence-corrected chi connectivity index (χ0v) is 13.9. The molecule has 0 saturated carbocycles. The lowest BCUT2D eigenvalue weighted by atomic mass is 10.00. The van der Waals surface area contributed by atoms with Crippen LogP contribution in [0.4, 0.5) is 0 Å². The van der Waals surface area contributed by atoms with Gasteiger partial charge >= 0.3 is 0 Å². The third kappa shape index (κ3) is 2.83. The summed E-state index contributed by atoms with van der Waals surface area (Å²) in [5.74, 6) is -0.320. The molecule has 1 aromatic heterocycles. The molecular formula is C21H14O6. The van der Waals surface area contributed by atoms with Crippen molar-refractivity contribution in [1.82, 2.24) is 0 Å². The van der Waals surface area contributed by atoms with Crippen LogP contribution in [0.25, 0.3) is 33.4 Å². The maximum Gasteiger partial charge on any atom is 0.197 e. The van der Waals surface area contributed by atoms with Crippen molar-refractivity contribution in [3.05, 3.63) is 70.9 Å². The zero-order chi connectivity index (χ0) is 19.1. The molecule has 4 aromatic rings. The molecule has 0 amide bonds. The molecule has 0 atom stereocenters. The van der Waals surface area contributed by atoms with E-state index in [1.165, 1.54) is 30.3 Å². The highest BCUT2D eigenvalue weighted by Crippen LogP contribution is 2.41. The molecular weight excluding hydrogens is 348 g/mol. The summed E-state index contributed by atoms with van der Waals surface area (Å²) in [4.78, 5) is 12.6. The third-order valence-corrected chi connectivity index (χ3v) is 4.27. The molecule has 4 N–H and O–H groups in total. The van der Waals surface area contributed by atoms with E-state index in [9.17, 15) is 25.2 Å². The van der Waals surface area contributed by atoms with Crippen molar-refractivity contribution < 1.29 is 24.8 Å². The Balaban J connectivity index is 2.07. The zero-order valence-electron chi connectivity index (χ0n) is 13.9. The average Bonchev–Trinajstić information content (AvgIpc) is 2.63. The van der Waals surface area contributed by atoms with Crippen LogP contribution < -0.4 is 5.43 Å². The van der Waals surface area contributed by atoms with Crippen LogP contribution >= 0.6 is 0 Å². The van der Waals surface area contributed by atoms with Crippen molar-refractivity contribution in [2.24, 2.45) is 0 Å². The highest BCUT2D eigenvalue weighted by Gasteiger charge is 2.19. The molecule has 0 radical (unpaired) electrons. The Labute approximate surface area is 152 Å². The summed E-state index contributed by atoms with van der Waals surface area (Å²) in [5, 5.41) is 39.4. The van der Waals surface area contributed by atoms with Gasteiger partial charge in [-0.15, -0.1) is 0 Å². The smallest absolute Gasteiger partial charge is 0.197 e. The highest BCUT2D eigenvalue weighted by molar-refractivity contribution is 5.99. The molecule has 0 saturated heterocycles. The molecule has 0 unspecified atom stereocenters. The van der Waals surface area contributed by atoms with Crippen LogP contribution in [-0.2, 0) is 0 Å². The fraction of sp³-hybridized carbons (Fsp3) is 0. The van der Waals surface area contributed by atoms with Gasteiger partial charge in [0, 0.05) is 17.7 Å². The van der Waals surface area contributed by atoms with Gasteiger partial charge in [0.25, 0.3) is 0 Å². The number of fused-ring (bicyclic) bond motifs is 1. The second-order valence-electron chi connectivity index (χ2n) is 6.06. The second kappa shape index (κ2) is 6.10. The van der Waals surface area contributed by atoms with E-state index in [1.807, 2.05) is 0 Å². The first-order chi connectivity index (χ1) is 12.9. The van der Waals surface area contributed by atoms with Gasteiger partial charge in [-0.3, -0.25) is 4.79 Å². The monoisotopic (exact) mass is 362 g/mol.